The molecule has 0 aliphatic rings. The fraction of sp³-hybridized carbons (Fsp3) is 0.533. The van der Waals surface area contributed by atoms with Gasteiger partial charge in [0.1, 0.15) is 0 Å². The van der Waals surface area contributed by atoms with Crippen LogP contribution in [-0.2, 0) is 11.2 Å². The lowest BCUT2D eigenvalue weighted by molar-refractivity contribution is -0.129. The van der Waals surface area contributed by atoms with Gasteiger partial charge in [-0.1, -0.05) is 43.1 Å². The van der Waals surface area contributed by atoms with Crippen molar-refractivity contribution in [3.8, 4) is 0 Å². The standard InChI is InChI=1S/C15H21Cl2NO/c1-5-15(6-2,18(3)4)14(19)9-11-7-8-12(16)10-13(11)17/h7-8,10H,5-6,9H2,1-4H3. The van der Waals surface area contributed by atoms with Crippen molar-refractivity contribution in [2.45, 2.75) is 38.6 Å². The molecule has 0 aromatic heterocycles. The van der Waals surface area contributed by atoms with Crippen molar-refractivity contribution in [2.75, 3.05) is 14.1 Å². The lowest BCUT2D eigenvalue weighted by atomic mass is 9.83. The zero-order valence-corrected chi connectivity index (χ0v) is 13.5. The van der Waals surface area contributed by atoms with E-state index in [-0.39, 0.29) is 5.78 Å². The first-order valence-electron chi connectivity index (χ1n) is 6.52. The van der Waals surface area contributed by atoms with Gasteiger partial charge in [0.2, 0.25) is 0 Å². The molecular weight excluding hydrogens is 281 g/mol. The van der Waals surface area contributed by atoms with E-state index in [1.165, 1.54) is 0 Å². The molecule has 0 atom stereocenters. The molecule has 106 valence electrons. The molecule has 4 heteroatoms. The second-order valence-corrected chi connectivity index (χ2v) is 5.81. The van der Waals surface area contributed by atoms with E-state index in [1.807, 2.05) is 38.9 Å². The van der Waals surface area contributed by atoms with Gasteiger partial charge in [-0.05, 0) is 44.6 Å². The lowest BCUT2D eigenvalue weighted by Gasteiger charge is -2.37. The van der Waals surface area contributed by atoms with Crippen molar-refractivity contribution in [3.05, 3.63) is 33.8 Å². The summed E-state index contributed by atoms with van der Waals surface area (Å²) >= 11 is 12.0. The van der Waals surface area contributed by atoms with E-state index >= 15 is 0 Å². The molecule has 0 aliphatic heterocycles. The van der Waals surface area contributed by atoms with Crippen LogP contribution in [-0.4, -0.2) is 30.3 Å². The minimum Gasteiger partial charge on any atom is -0.297 e. The number of hydrogen-bond donors (Lipinski definition) is 0. The van der Waals surface area contributed by atoms with Gasteiger partial charge in [0, 0.05) is 16.5 Å². The molecule has 0 N–H and O–H groups in total. The highest BCUT2D eigenvalue weighted by molar-refractivity contribution is 6.35. The number of hydrogen-bond acceptors (Lipinski definition) is 2. The summed E-state index contributed by atoms with van der Waals surface area (Å²) in [6.07, 6.45) is 1.93. The first-order valence-corrected chi connectivity index (χ1v) is 7.27. The molecule has 0 unspecified atom stereocenters. The Balaban J connectivity index is 3.00. The van der Waals surface area contributed by atoms with Crippen molar-refractivity contribution in [3.63, 3.8) is 0 Å². The van der Waals surface area contributed by atoms with Crippen LogP contribution in [0, 0.1) is 0 Å². The number of carbonyl (C=O) groups is 1. The summed E-state index contributed by atoms with van der Waals surface area (Å²) < 4.78 is 0. The van der Waals surface area contributed by atoms with E-state index in [0.717, 1.165) is 18.4 Å². The summed E-state index contributed by atoms with van der Waals surface area (Å²) in [5.74, 6) is 0.201. The van der Waals surface area contributed by atoms with Crippen LogP contribution in [0.25, 0.3) is 0 Å². The fourth-order valence-corrected chi connectivity index (χ4v) is 3.00. The molecule has 19 heavy (non-hydrogen) atoms. The molecule has 1 aromatic carbocycles. The Morgan fingerprint density at radius 3 is 2.21 bits per heavy atom. The average Bonchev–Trinajstić information content (AvgIpc) is 2.34. The van der Waals surface area contributed by atoms with Gasteiger partial charge in [0.05, 0.1) is 5.54 Å². The molecule has 0 heterocycles. The molecule has 1 aromatic rings. The van der Waals surface area contributed by atoms with Crippen molar-refractivity contribution in [1.29, 1.82) is 0 Å². The molecule has 0 saturated heterocycles. The fourth-order valence-electron chi connectivity index (χ4n) is 2.53. The number of carbonyl (C=O) groups excluding carboxylic acids is 1. The molecule has 0 saturated carbocycles. The highest BCUT2D eigenvalue weighted by Crippen LogP contribution is 2.27. The van der Waals surface area contributed by atoms with Crippen LogP contribution in [0.2, 0.25) is 10.0 Å². The highest BCUT2D eigenvalue weighted by atomic mass is 35.5. The first-order chi connectivity index (χ1) is 8.87. The summed E-state index contributed by atoms with van der Waals surface area (Å²) in [4.78, 5) is 14.7. The van der Waals surface area contributed by atoms with E-state index in [4.69, 9.17) is 23.2 Å². The molecule has 0 aliphatic carbocycles. The predicted molar refractivity (Wildman–Crippen MR) is 82.2 cm³/mol. The van der Waals surface area contributed by atoms with Crippen molar-refractivity contribution in [2.24, 2.45) is 0 Å². The minimum absolute atomic E-state index is 0.201. The van der Waals surface area contributed by atoms with Gasteiger partial charge < -0.3 is 0 Å². The van der Waals surface area contributed by atoms with Crippen LogP contribution in [0.4, 0.5) is 0 Å². The maximum absolute atomic E-state index is 12.6. The minimum atomic E-state index is -0.414. The molecule has 2 nitrogen and oxygen atoms in total. The van der Waals surface area contributed by atoms with Gasteiger partial charge in [0.15, 0.2) is 5.78 Å². The maximum atomic E-state index is 12.6. The SMILES string of the molecule is CCC(CC)(C(=O)Cc1ccc(Cl)cc1Cl)N(C)C. The van der Waals surface area contributed by atoms with Gasteiger partial charge in [-0.25, -0.2) is 0 Å². The number of ketones is 1. The van der Waals surface area contributed by atoms with E-state index in [1.54, 1.807) is 12.1 Å². The Morgan fingerprint density at radius 2 is 1.79 bits per heavy atom. The normalized spacial score (nSPS) is 11.9. The quantitative estimate of drug-likeness (QED) is 0.784. The second kappa shape index (κ2) is 6.74. The van der Waals surface area contributed by atoms with Crippen LogP contribution < -0.4 is 0 Å². The number of halogens is 2. The lowest BCUT2D eigenvalue weighted by Crippen LogP contribution is -2.51. The number of benzene rings is 1. The Labute approximate surface area is 125 Å². The number of likely N-dealkylation sites (N-methyl/N-ethyl adjacent to an activating group) is 1. The Bertz CT molecular complexity index is 453. The van der Waals surface area contributed by atoms with E-state index < -0.39 is 5.54 Å². The largest absolute Gasteiger partial charge is 0.297 e. The molecular formula is C15H21Cl2NO. The Kier molecular flexibility index (Phi) is 5.84. The monoisotopic (exact) mass is 301 g/mol. The topological polar surface area (TPSA) is 20.3 Å². The van der Waals surface area contributed by atoms with Crippen molar-refractivity contribution >= 4 is 29.0 Å². The van der Waals surface area contributed by atoms with Crippen LogP contribution >= 0.6 is 23.2 Å². The molecule has 1 rings (SSSR count). The predicted octanol–water partition coefficient (Wildman–Crippen LogP) is 4.23. The van der Waals surface area contributed by atoms with Gasteiger partial charge in [-0.2, -0.15) is 0 Å². The zero-order chi connectivity index (χ0) is 14.6. The van der Waals surface area contributed by atoms with Gasteiger partial charge in [0.25, 0.3) is 0 Å². The third-order valence-electron chi connectivity index (χ3n) is 3.91. The summed E-state index contributed by atoms with van der Waals surface area (Å²) in [5, 5.41) is 1.15. The summed E-state index contributed by atoms with van der Waals surface area (Å²) in [6.45, 7) is 4.09. The van der Waals surface area contributed by atoms with Crippen molar-refractivity contribution < 1.29 is 4.79 Å². The van der Waals surface area contributed by atoms with E-state index in [9.17, 15) is 4.79 Å². The van der Waals surface area contributed by atoms with Crippen LogP contribution in [0.15, 0.2) is 18.2 Å². The molecule has 0 bridgehead atoms. The van der Waals surface area contributed by atoms with Gasteiger partial charge >= 0.3 is 0 Å². The van der Waals surface area contributed by atoms with Crippen LogP contribution in [0.1, 0.15) is 32.3 Å². The molecule has 0 radical (unpaired) electrons. The smallest absolute Gasteiger partial charge is 0.157 e. The van der Waals surface area contributed by atoms with Crippen LogP contribution in [0.5, 0.6) is 0 Å². The van der Waals surface area contributed by atoms with E-state index in [0.29, 0.717) is 16.5 Å². The second-order valence-electron chi connectivity index (χ2n) is 4.97. The molecule has 0 amide bonds. The van der Waals surface area contributed by atoms with Gasteiger partial charge in [-0.3, -0.25) is 9.69 Å². The number of nitrogens with zero attached hydrogens (tertiary/aromatic N) is 1. The number of Topliss-reactive ketones (excluding diaryl/α,β-unsaturated/α-hetero) is 1. The highest BCUT2D eigenvalue weighted by Gasteiger charge is 2.36. The van der Waals surface area contributed by atoms with Crippen LogP contribution in [0.3, 0.4) is 0 Å². The first kappa shape index (κ1) is 16.5. The maximum Gasteiger partial charge on any atom is 0.157 e. The third-order valence-corrected chi connectivity index (χ3v) is 4.50. The van der Waals surface area contributed by atoms with Gasteiger partial charge in [-0.15, -0.1) is 0 Å². The molecule has 0 spiro atoms. The van der Waals surface area contributed by atoms with Crippen molar-refractivity contribution in [1.82, 2.24) is 4.90 Å². The number of rotatable bonds is 6. The Morgan fingerprint density at radius 1 is 1.21 bits per heavy atom. The third kappa shape index (κ3) is 3.50. The average molecular weight is 302 g/mol. The summed E-state index contributed by atoms with van der Waals surface area (Å²) in [5.41, 5.74) is 0.423. The summed E-state index contributed by atoms with van der Waals surface area (Å²) in [7, 11) is 3.91. The zero-order valence-electron chi connectivity index (χ0n) is 12.0. The van der Waals surface area contributed by atoms with E-state index in [2.05, 4.69) is 0 Å². The molecule has 0 fully saturated rings. The summed E-state index contributed by atoms with van der Waals surface area (Å²) in [6, 6.07) is 5.28. The Hall–Kier alpha value is -0.570.